The van der Waals surface area contributed by atoms with Gasteiger partial charge in [-0.15, -0.1) is 4.57 Å². The Labute approximate surface area is 106 Å². The van der Waals surface area contributed by atoms with Gasteiger partial charge in [-0.3, -0.25) is 4.79 Å². The van der Waals surface area contributed by atoms with Crippen molar-refractivity contribution in [3.05, 3.63) is 4.88 Å². The first-order valence-corrected chi connectivity index (χ1v) is 7.05. The molecule has 0 saturated heterocycles. The van der Waals surface area contributed by atoms with Gasteiger partial charge in [-0.2, -0.15) is 0 Å². The van der Waals surface area contributed by atoms with Gasteiger partial charge in [0.25, 0.3) is 5.78 Å². The molecule has 0 fully saturated rings. The zero-order chi connectivity index (χ0) is 12.4. The van der Waals surface area contributed by atoms with Crippen molar-refractivity contribution in [2.75, 3.05) is 12.4 Å². The minimum atomic E-state index is -0.910. The van der Waals surface area contributed by atoms with E-state index in [0.717, 1.165) is 27.9 Å². The highest BCUT2D eigenvalue weighted by Gasteiger charge is 2.35. The first-order chi connectivity index (χ1) is 8.15. The number of ether oxygens (including phenoxy) is 1. The Morgan fingerprint density at radius 1 is 1.53 bits per heavy atom. The summed E-state index contributed by atoms with van der Waals surface area (Å²) in [6, 6.07) is 0. The lowest BCUT2D eigenvalue weighted by molar-refractivity contribution is -0.732. The average molecular weight is 274 g/mol. The average Bonchev–Trinajstić information content (AvgIpc) is 2.67. The van der Waals surface area contributed by atoms with Gasteiger partial charge < -0.3 is 9.84 Å². The summed E-state index contributed by atoms with van der Waals surface area (Å²) in [6.07, 6.45) is 0.944. The second-order valence-electron chi connectivity index (χ2n) is 3.42. The maximum Gasteiger partial charge on any atom is 0.389 e. The van der Waals surface area contributed by atoms with Crippen LogP contribution in [0.25, 0.3) is 0 Å². The first-order valence-electron chi connectivity index (χ1n) is 5.25. The molecular formula is C10H12NO4S2+. The van der Waals surface area contributed by atoms with Crippen LogP contribution in [-0.4, -0.2) is 29.2 Å². The van der Waals surface area contributed by atoms with Gasteiger partial charge in [0.1, 0.15) is 0 Å². The zero-order valence-corrected chi connectivity index (χ0v) is 10.9. The molecule has 0 aliphatic carbocycles. The Kier molecular flexibility index (Phi) is 3.68. The summed E-state index contributed by atoms with van der Waals surface area (Å²) < 4.78 is 7.17. The van der Waals surface area contributed by atoms with Gasteiger partial charge in [-0.1, -0.05) is 0 Å². The smallest absolute Gasteiger partial charge is 0.389 e. The predicted octanol–water partition coefficient (Wildman–Crippen LogP) is 0.983. The van der Waals surface area contributed by atoms with Crippen LogP contribution in [0.15, 0.2) is 4.34 Å². The fourth-order valence-electron chi connectivity index (χ4n) is 1.52. The molecule has 5 nitrogen and oxygen atoms in total. The molecule has 1 aromatic rings. The molecule has 0 spiro atoms. The Morgan fingerprint density at radius 2 is 2.29 bits per heavy atom. The third kappa shape index (κ3) is 2.30. The highest BCUT2D eigenvalue weighted by molar-refractivity contribution is 8.00. The molecule has 2 heterocycles. The van der Waals surface area contributed by atoms with Crippen LogP contribution in [0.4, 0.5) is 0 Å². The number of thiazole rings is 1. The molecule has 1 aromatic heterocycles. The van der Waals surface area contributed by atoms with Gasteiger partial charge in [0.15, 0.2) is 6.54 Å². The van der Waals surface area contributed by atoms with E-state index in [-0.39, 0.29) is 17.4 Å². The number of carbonyl (C=O) groups excluding carboxylic acids is 2. The largest absolute Gasteiger partial charge is 0.460 e. The number of aromatic hydroxyl groups is 1. The van der Waals surface area contributed by atoms with Crippen LogP contribution < -0.4 is 4.57 Å². The van der Waals surface area contributed by atoms with Gasteiger partial charge in [-0.25, -0.2) is 4.79 Å². The van der Waals surface area contributed by atoms with Crippen LogP contribution in [-0.2, 0) is 16.1 Å². The van der Waals surface area contributed by atoms with Crippen molar-refractivity contribution in [2.45, 2.75) is 24.2 Å². The monoisotopic (exact) mass is 274 g/mol. The molecule has 1 N–H and O–H groups in total. The minimum Gasteiger partial charge on any atom is -0.460 e. The number of carbonyl (C=O) groups is 2. The number of Topliss-reactive ketones (excluding diaryl/α,β-unsaturated/α-hetero) is 1. The van der Waals surface area contributed by atoms with Gasteiger partial charge in [-0.05, 0) is 30.0 Å². The van der Waals surface area contributed by atoms with Crippen molar-refractivity contribution in [2.24, 2.45) is 0 Å². The topological polar surface area (TPSA) is 67.5 Å². The number of hydrogen-bond acceptors (Lipinski definition) is 6. The molecule has 17 heavy (non-hydrogen) atoms. The van der Waals surface area contributed by atoms with Crippen LogP contribution in [0.3, 0.4) is 0 Å². The van der Waals surface area contributed by atoms with Crippen LogP contribution >= 0.6 is 23.1 Å². The Balaban J connectivity index is 2.30. The summed E-state index contributed by atoms with van der Waals surface area (Å²) in [7, 11) is 0. The fraction of sp³-hybridized carbons (Fsp3) is 0.500. The first kappa shape index (κ1) is 12.4. The molecule has 0 atom stereocenters. The molecule has 1 aliphatic heterocycles. The number of rotatable bonds is 3. The summed E-state index contributed by atoms with van der Waals surface area (Å²) >= 11 is 2.73. The van der Waals surface area contributed by atoms with E-state index in [0.29, 0.717) is 6.54 Å². The second-order valence-corrected chi connectivity index (χ2v) is 5.77. The van der Waals surface area contributed by atoms with Gasteiger partial charge in [0.2, 0.25) is 4.88 Å². The maximum atomic E-state index is 11.7. The molecule has 0 radical (unpaired) electrons. The Hall–Kier alpha value is -1.08. The second kappa shape index (κ2) is 5.05. The van der Waals surface area contributed by atoms with Crippen LogP contribution in [0.5, 0.6) is 5.88 Å². The molecule has 0 saturated carbocycles. The van der Waals surface area contributed by atoms with E-state index in [9.17, 15) is 14.7 Å². The highest BCUT2D eigenvalue weighted by atomic mass is 32.2. The SMILES string of the molecule is CCOC(=O)C(=O)c1sc2[n+](c1O)CCCS2. The van der Waals surface area contributed by atoms with Crippen LogP contribution in [0, 0.1) is 0 Å². The fourth-order valence-corrected chi connectivity index (χ4v) is 3.88. The summed E-state index contributed by atoms with van der Waals surface area (Å²) in [5.74, 6) is -0.827. The van der Waals surface area contributed by atoms with E-state index in [1.165, 1.54) is 0 Å². The molecular weight excluding hydrogens is 262 g/mol. The van der Waals surface area contributed by atoms with Crippen molar-refractivity contribution in [3.63, 3.8) is 0 Å². The van der Waals surface area contributed by atoms with Crippen molar-refractivity contribution in [1.29, 1.82) is 0 Å². The molecule has 0 bridgehead atoms. The third-order valence-electron chi connectivity index (χ3n) is 2.29. The van der Waals surface area contributed by atoms with E-state index >= 15 is 0 Å². The maximum absolute atomic E-state index is 11.7. The van der Waals surface area contributed by atoms with Crippen molar-refractivity contribution >= 4 is 34.9 Å². The van der Waals surface area contributed by atoms with Crippen molar-refractivity contribution in [3.8, 4) is 5.88 Å². The summed E-state index contributed by atoms with van der Waals surface area (Å²) in [5.41, 5.74) is 0. The lowest BCUT2D eigenvalue weighted by Gasteiger charge is -2.02. The number of thioether (sulfide) groups is 1. The van der Waals surface area contributed by atoms with E-state index in [2.05, 4.69) is 4.74 Å². The van der Waals surface area contributed by atoms with Crippen LogP contribution in [0.2, 0.25) is 0 Å². The minimum absolute atomic E-state index is 0.0767. The highest BCUT2D eigenvalue weighted by Crippen LogP contribution is 2.32. The molecule has 0 unspecified atom stereocenters. The molecule has 2 rings (SSSR count). The number of ketones is 1. The predicted molar refractivity (Wildman–Crippen MR) is 62.5 cm³/mol. The lowest BCUT2D eigenvalue weighted by atomic mass is 10.3. The Morgan fingerprint density at radius 3 is 2.94 bits per heavy atom. The van der Waals surface area contributed by atoms with Gasteiger partial charge >= 0.3 is 16.2 Å². The van der Waals surface area contributed by atoms with Gasteiger partial charge in [0.05, 0.1) is 6.61 Å². The standard InChI is InChI=1S/C10H11NO4S2/c1-2-15-9(14)6(12)7-8(13)11-4-3-5-16-10(11)17-7/h2-5H2,1H3/p+1. The molecule has 0 amide bonds. The van der Waals surface area contributed by atoms with Crippen molar-refractivity contribution in [1.82, 2.24) is 0 Å². The summed E-state index contributed by atoms with van der Waals surface area (Å²) in [5, 5.41) is 9.89. The Bertz CT molecular complexity index is 469. The zero-order valence-electron chi connectivity index (χ0n) is 9.26. The number of aromatic nitrogens is 1. The van der Waals surface area contributed by atoms with Crippen molar-refractivity contribution < 1.29 is 24.0 Å². The molecule has 1 aliphatic rings. The third-order valence-corrected chi connectivity index (χ3v) is 4.82. The van der Waals surface area contributed by atoms with E-state index < -0.39 is 11.8 Å². The number of fused-ring (bicyclic) bond motifs is 1. The normalized spacial score (nSPS) is 14.2. The summed E-state index contributed by atoms with van der Waals surface area (Å²) in [6.45, 7) is 2.47. The number of nitrogens with zero attached hydrogens (tertiary/aromatic N) is 1. The molecule has 92 valence electrons. The number of hydrogen-bond donors (Lipinski definition) is 1. The number of esters is 1. The lowest BCUT2D eigenvalue weighted by Crippen LogP contribution is -2.37. The van der Waals surface area contributed by atoms with Crippen LogP contribution in [0.1, 0.15) is 23.0 Å². The molecule has 0 aromatic carbocycles. The van der Waals surface area contributed by atoms with E-state index in [1.807, 2.05) is 0 Å². The van der Waals surface area contributed by atoms with E-state index in [1.54, 1.807) is 23.3 Å². The van der Waals surface area contributed by atoms with E-state index in [4.69, 9.17) is 0 Å². The van der Waals surface area contributed by atoms with Gasteiger partial charge in [0, 0.05) is 12.2 Å². The quantitative estimate of drug-likeness (QED) is 0.385. The summed E-state index contributed by atoms with van der Waals surface area (Å²) in [4.78, 5) is 23.1. The molecule has 7 heteroatoms.